The van der Waals surface area contributed by atoms with Crippen LogP contribution in [0.5, 0.6) is 0 Å². The van der Waals surface area contributed by atoms with Crippen molar-refractivity contribution in [3.05, 3.63) is 29.6 Å². The van der Waals surface area contributed by atoms with Crippen LogP contribution in [0.2, 0.25) is 0 Å². The lowest BCUT2D eigenvalue weighted by Gasteiger charge is -2.08. The van der Waals surface area contributed by atoms with Gasteiger partial charge < -0.3 is 14.6 Å². The van der Waals surface area contributed by atoms with Crippen molar-refractivity contribution < 1.29 is 17.7 Å². The normalized spacial score (nSPS) is 13.1. The van der Waals surface area contributed by atoms with Crippen molar-refractivity contribution in [2.75, 3.05) is 27.3 Å². The second-order valence-electron chi connectivity index (χ2n) is 5.78. The molecule has 1 heterocycles. The van der Waals surface area contributed by atoms with Crippen LogP contribution < -0.4 is 10.0 Å². The molecule has 0 saturated carbocycles. The van der Waals surface area contributed by atoms with E-state index >= 15 is 0 Å². The maximum atomic E-state index is 12.3. The van der Waals surface area contributed by atoms with Crippen molar-refractivity contribution in [3.63, 3.8) is 0 Å². The zero-order valence-electron chi connectivity index (χ0n) is 14.9. The van der Waals surface area contributed by atoms with Gasteiger partial charge in [-0.1, -0.05) is 11.2 Å². The van der Waals surface area contributed by atoms with Crippen LogP contribution in [-0.4, -0.2) is 51.9 Å². The van der Waals surface area contributed by atoms with Crippen LogP contribution in [0.15, 0.2) is 27.6 Å². The van der Waals surface area contributed by atoms with E-state index in [-0.39, 0.29) is 17.5 Å². The van der Waals surface area contributed by atoms with Gasteiger partial charge in [0, 0.05) is 31.7 Å². The number of sulfonamides is 1. The summed E-state index contributed by atoms with van der Waals surface area (Å²) in [5, 5.41) is 7.07. The standard InChI is InChI=1S/C16H24N4O4S/c1-11-5-6-13(25(21,22)18-7-8-23-4)10-14(11)16-19-15(20-24-16)9-12(2)17-3/h5-6,10,12,17-18H,7-9H2,1-4H3. The quantitative estimate of drug-likeness (QED) is 0.639. The summed E-state index contributed by atoms with van der Waals surface area (Å²) in [5.41, 5.74) is 1.46. The van der Waals surface area contributed by atoms with Gasteiger partial charge in [-0.15, -0.1) is 0 Å². The van der Waals surface area contributed by atoms with E-state index in [9.17, 15) is 8.42 Å². The van der Waals surface area contributed by atoms with Gasteiger partial charge in [0.05, 0.1) is 11.5 Å². The smallest absolute Gasteiger partial charge is 0.258 e. The van der Waals surface area contributed by atoms with E-state index in [2.05, 4.69) is 20.2 Å². The molecule has 2 rings (SSSR count). The third-order valence-corrected chi connectivity index (χ3v) is 5.26. The van der Waals surface area contributed by atoms with E-state index in [0.29, 0.717) is 30.3 Å². The van der Waals surface area contributed by atoms with Crippen molar-refractivity contribution in [1.29, 1.82) is 0 Å². The summed E-state index contributed by atoms with van der Waals surface area (Å²) < 4.78 is 37.4. The maximum absolute atomic E-state index is 12.3. The molecule has 9 heteroatoms. The van der Waals surface area contributed by atoms with Crippen LogP contribution in [0.25, 0.3) is 11.5 Å². The van der Waals surface area contributed by atoms with E-state index in [0.717, 1.165) is 5.56 Å². The highest BCUT2D eigenvalue weighted by Gasteiger charge is 2.18. The first-order chi connectivity index (χ1) is 11.9. The molecule has 0 fully saturated rings. The SMILES string of the molecule is CNC(C)Cc1noc(-c2cc(S(=O)(=O)NCCOC)ccc2C)n1. The number of ether oxygens (including phenoxy) is 1. The Kier molecular flexibility index (Phi) is 6.65. The highest BCUT2D eigenvalue weighted by Crippen LogP contribution is 2.25. The number of hydrogen-bond donors (Lipinski definition) is 2. The summed E-state index contributed by atoms with van der Waals surface area (Å²) in [6, 6.07) is 5.03. The van der Waals surface area contributed by atoms with Gasteiger partial charge >= 0.3 is 0 Å². The van der Waals surface area contributed by atoms with Gasteiger partial charge in [0.2, 0.25) is 10.0 Å². The summed E-state index contributed by atoms with van der Waals surface area (Å²) >= 11 is 0. The Labute approximate surface area is 148 Å². The third-order valence-electron chi connectivity index (χ3n) is 3.80. The fraction of sp³-hybridized carbons (Fsp3) is 0.500. The van der Waals surface area contributed by atoms with E-state index < -0.39 is 10.0 Å². The van der Waals surface area contributed by atoms with Crippen LogP contribution in [-0.2, 0) is 21.2 Å². The lowest BCUT2D eigenvalue weighted by molar-refractivity contribution is 0.204. The summed E-state index contributed by atoms with van der Waals surface area (Å²) in [4.78, 5) is 4.52. The van der Waals surface area contributed by atoms with Crippen molar-refractivity contribution in [1.82, 2.24) is 20.2 Å². The number of aryl methyl sites for hydroxylation is 1. The number of likely N-dealkylation sites (N-methyl/N-ethyl adjacent to an activating group) is 1. The molecule has 8 nitrogen and oxygen atoms in total. The van der Waals surface area contributed by atoms with Crippen molar-refractivity contribution in [2.24, 2.45) is 0 Å². The first-order valence-electron chi connectivity index (χ1n) is 7.97. The van der Waals surface area contributed by atoms with Crippen molar-refractivity contribution in [2.45, 2.75) is 31.2 Å². The monoisotopic (exact) mass is 368 g/mol. The number of nitrogens with one attached hydrogen (secondary N) is 2. The maximum Gasteiger partial charge on any atom is 0.258 e. The van der Waals surface area contributed by atoms with Gasteiger partial charge in [0.25, 0.3) is 5.89 Å². The molecule has 0 aliphatic carbocycles. The van der Waals surface area contributed by atoms with Crippen molar-refractivity contribution >= 4 is 10.0 Å². The minimum atomic E-state index is -3.63. The average Bonchev–Trinajstić information content (AvgIpc) is 3.03. The van der Waals surface area contributed by atoms with Crippen LogP contribution in [0.3, 0.4) is 0 Å². The number of aromatic nitrogens is 2. The molecule has 0 aliphatic rings. The fourth-order valence-electron chi connectivity index (χ4n) is 2.18. The molecule has 0 bridgehead atoms. The van der Waals surface area contributed by atoms with Crippen LogP contribution >= 0.6 is 0 Å². The Balaban J connectivity index is 2.27. The van der Waals surface area contributed by atoms with Gasteiger partial charge in [-0.05, 0) is 38.6 Å². The third kappa shape index (κ3) is 5.08. The highest BCUT2D eigenvalue weighted by atomic mass is 32.2. The fourth-order valence-corrected chi connectivity index (χ4v) is 3.22. The lowest BCUT2D eigenvalue weighted by atomic mass is 10.1. The summed E-state index contributed by atoms with van der Waals surface area (Å²) in [6.07, 6.45) is 0.621. The number of rotatable bonds is 9. The molecule has 1 unspecified atom stereocenters. The number of methoxy groups -OCH3 is 1. The Morgan fingerprint density at radius 1 is 1.36 bits per heavy atom. The second kappa shape index (κ2) is 8.52. The highest BCUT2D eigenvalue weighted by molar-refractivity contribution is 7.89. The predicted molar refractivity (Wildman–Crippen MR) is 93.8 cm³/mol. The molecular formula is C16H24N4O4S. The first kappa shape index (κ1) is 19.5. The number of nitrogens with zero attached hydrogens (tertiary/aromatic N) is 2. The Hall–Kier alpha value is -1.81. The Morgan fingerprint density at radius 3 is 2.80 bits per heavy atom. The topological polar surface area (TPSA) is 106 Å². The molecule has 1 atom stereocenters. The molecule has 0 aliphatic heterocycles. The zero-order chi connectivity index (χ0) is 18.4. The Bertz CT molecular complexity index is 804. The molecule has 0 radical (unpaired) electrons. The largest absolute Gasteiger partial charge is 0.383 e. The molecule has 1 aromatic heterocycles. The van der Waals surface area contributed by atoms with E-state index in [1.165, 1.54) is 7.11 Å². The Morgan fingerprint density at radius 2 is 2.12 bits per heavy atom. The zero-order valence-corrected chi connectivity index (χ0v) is 15.7. The lowest BCUT2D eigenvalue weighted by Crippen LogP contribution is -2.27. The van der Waals surface area contributed by atoms with Crippen LogP contribution in [0.1, 0.15) is 18.3 Å². The van der Waals surface area contributed by atoms with Gasteiger partial charge in [-0.2, -0.15) is 4.98 Å². The summed E-state index contributed by atoms with van der Waals surface area (Å²) in [5.74, 6) is 0.882. The van der Waals surface area contributed by atoms with Crippen LogP contribution in [0.4, 0.5) is 0 Å². The van der Waals surface area contributed by atoms with Gasteiger partial charge in [0.1, 0.15) is 0 Å². The molecule has 1 aromatic carbocycles. The first-order valence-corrected chi connectivity index (χ1v) is 9.45. The molecular weight excluding hydrogens is 344 g/mol. The molecule has 0 amide bonds. The molecule has 2 N–H and O–H groups in total. The van der Waals surface area contributed by atoms with Gasteiger partial charge in [-0.25, -0.2) is 13.1 Å². The van der Waals surface area contributed by atoms with Gasteiger partial charge in [0.15, 0.2) is 5.82 Å². The minimum absolute atomic E-state index is 0.146. The second-order valence-corrected chi connectivity index (χ2v) is 7.54. The molecule has 0 spiro atoms. The summed E-state index contributed by atoms with van der Waals surface area (Å²) in [7, 11) is -0.250. The van der Waals surface area contributed by atoms with Crippen molar-refractivity contribution in [3.8, 4) is 11.5 Å². The van der Waals surface area contributed by atoms with Gasteiger partial charge in [-0.3, -0.25) is 0 Å². The van der Waals surface area contributed by atoms with E-state index in [1.54, 1.807) is 18.2 Å². The molecule has 138 valence electrons. The molecule has 0 saturated heterocycles. The van der Waals surface area contributed by atoms with Crippen LogP contribution in [0, 0.1) is 6.92 Å². The average molecular weight is 368 g/mol. The molecule has 2 aromatic rings. The summed E-state index contributed by atoms with van der Waals surface area (Å²) in [6.45, 7) is 4.38. The number of hydrogen-bond acceptors (Lipinski definition) is 7. The minimum Gasteiger partial charge on any atom is -0.383 e. The predicted octanol–water partition coefficient (Wildman–Crippen LogP) is 1.12. The van der Waals surface area contributed by atoms with E-state index in [1.807, 2.05) is 20.9 Å². The number of benzene rings is 1. The van der Waals surface area contributed by atoms with E-state index in [4.69, 9.17) is 9.26 Å². The molecule has 25 heavy (non-hydrogen) atoms.